The van der Waals surface area contributed by atoms with E-state index in [2.05, 4.69) is 19.2 Å². The van der Waals surface area contributed by atoms with E-state index in [0.717, 1.165) is 73.7 Å². The zero-order valence-electron chi connectivity index (χ0n) is 47.0. The maximum atomic E-state index is 14.1. The Balaban J connectivity index is 0.909. The Kier molecular flexibility index (Phi) is 24.7. The minimum absolute atomic E-state index is 0.131. The number of para-hydroxylation sites is 1. The van der Waals surface area contributed by atoms with Crippen LogP contribution in [0.1, 0.15) is 142 Å². The van der Waals surface area contributed by atoms with E-state index in [1.165, 1.54) is 29.7 Å². The Labute approximate surface area is 488 Å². The summed E-state index contributed by atoms with van der Waals surface area (Å²) in [5.41, 5.74) is 1.63. The number of nitriles is 1. The third-order valence-electron chi connectivity index (χ3n) is 14.2. The lowest BCUT2D eigenvalue weighted by atomic mass is 9.87. The van der Waals surface area contributed by atoms with Crippen LogP contribution in [0.3, 0.4) is 0 Å². The van der Waals surface area contributed by atoms with Crippen LogP contribution in [0, 0.1) is 23.2 Å². The number of thiazole rings is 1. The molecule has 1 aromatic heterocycles. The first-order valence-electron chi connectivity index (χ1n) is 28.5. The van der Waals surface area contributed by atoms with Gasteiger partial charge in [-0.1, -0.05) is 36.6 Å². The third-order valence-corrected chi connectivity index (χ3v) is 15.2. The number of hydrogen-bond acceptors (Lipinski definition) is 19. The number of esters is 6. The van der Waals surface area contributed by atoms with Crippen molar-refractivity contribution in [2.24, 2.45) is 16.9 Å². The fraction of sp³-hybridized carbons (Fsp3) is 0.422. The van der Waals surface area contributed by atoms with Crippen molar-refractivity contribution in [3.63, 3.8) is 0 Å². The molecule has 18 nitrogen and oxygen atoms in total. The molecule has 0 saturated heterocycles. The Morgan fingerprint density at radius 3 is 1.67 bits per heavy atom. The maximum absolute atomic E-state index is 14.1. The van der Waals surface area contributed by atoms with Crippen molar-refractivity contribution < 1.29 is 66.7 Å². The highest BCUT2D eigenvalue weighted by atomic mass is 32.1. The van der Waals surface area contributed by atoms with Crippen molar-refractivity contribution in [2.45, 2.75) is 134 Å². The van der Waals surface area contributed by atoms with Crippen molar-refractivity contribution in [1.82, 2.24) is 4.98 Å². The van der Waals surface area contributed by atoms with Gasteiger partial charge in [-0.15, -0.1) is 0 Å². The van der Waals surface area contributed by atoms with Gasteiger partial charge in [0.05, 0.1) is 84.4 Å². The molecule has 1 atom stereocenters. The first-order chi connectivity index (χ1) is 40.4. The lowest BCUT2D eigenvalue weighted by Gasteiger charge is -2.27. The number of nitrogens with zero attached hydrogens (tertiary/aromatic N) is 4. The van der Waals surface area contributed by atoms with Gasteiger partial charge in [0.25, 0.3) is 0 Å². The fourth-order valence-corrected chi connectivity index (χ4v) is 10.5. The van der Waals surface area contributed by atoms with Crippen LogP contribution in [-0.4, -0.2) is 91.7 Å². The summed E-state index contributed by atoms with van der Waals surface area (Å²) in [5, 5.41) is 16.7. The van der Waals surface area contributed by atoms with Crippen molar-refractivity contribution in [2.75, 3.05) is 31.4 Å². The Morgan fingerprint density at radius 2 is 1.13 bits per heavy atom. The second-order valence-corrected chi connectivity index (χ2v) is 21.4. The van der Waals surface area contributed by atoms with Crippen LogP contribution in [0.4, 0.5) is 5.13 Å². The van der Waals surface area contributed by atoms with Gasteiger partial charge in [-0.2, -0.15) is 10.4 Å². The third kappa shape index (κ3) is 19.9. The van der Waals surface area contributed by atoms with Crippen LogP contribution in [0.2, 0.25) is 0 Å². The van der Waals surface area contributed by atoms with E-state index in [1.54, 1.807) is 59.6 Å². The first-order valence-corrected chi connectivity index (χ1v) is 29.3. The summed E-state index contributed by atoms with van der Waals surface area (Å²) in [6, 6.07) is 27.8. The van der Waals surface area contributed by atoms with Crippen molar-refractivity contribution >= 4 is 68.7 Å². The predicted molar refractivity (Wildman–Crippen MR) is 313 cm³/mol. The molecule has 5 aromatic rings. The molecular weight excluding hydrogens is 1080 g/mol. The lowest BCUT2D eigenvalue weighted by Crippen LogP contribution is -2.30. The molecule has 0 spiro atoms. The second kappa shape index (κ2) is 32.9. The van der Waals surface area contributed by atoms with Crippen LogP contribution in [0.5, 0.6) is 23.0 Å². The molecule has 0 bridgehead atoms. The molecule has 0 radical (unpaired) electrons. The van der Waals surface area contributed by atoms with Gasteiger partial charge in [-0.25, -0.2) is 29.2 Å². The molecule has 19 heteroatoms. The standard InChI is InChI=1S/C64H72N4O14S/c1-4-58(69)77-40-14-8-6-12-38-75-49-24-18-45(19-25-49)60(71)79-51-26-20-47(21-27-51)62(73)82-54-34-35-55(48(42-54)43-66-68(44(3)36-37-65)64-67-56-16-10-11-17-57(56)83-64)63(74)81-52-28-22-46(23-29-52)61(72)80-53-32-30-50(31-33-53)76-39-13-7-9-15-41-78-59(70)5-2/h4-5,10-11,16-19,24-25,30-35,42-44,46-47,51-52H,1-2,6-9,12-15,20-23,26-29,36,38-41H2,3H3/b66-43+/t44?,46-,47-,51-,52-. The normalized spacial score (nSPS) is 17.0. The summed E-state index contributed by atoms with van der Waals surface area (Å²) in [4.78, 5) is 81.3. The largest absolute Gasteiger partial charge is 0.494 e. The molecule has 7 rings (SSSR count). The molecule has 0 N–H and O–H groups in total. The number of ether oxygens (including phenoxy) is 8. The number of rotatable bonds is 31. The molecule has 2 aliphatic carbocycles. The monoisotopic (exact) mass is 1150 g/mol. The van der Waals surface area contributed by atoms with Crippen LogP contribution < -0.4 is 24.0 Å². The number of benzene rings is 4. The van der Waals surface area contributed by atoms with E-state index in [0.29, 0.717) is 111 Å². The second-order valence-electron chi connectivity index (χ2n) is 20.4. The number of anilines is 1. The highest BCUT2D eigenvalue weighted by molar-refractivity contribution is 7.22. The lowest BCUT2D eigenvalue weighted by molar-refractivity contribution is -0.141. The average molecular weight is 1150 g/mol. The van der Waals surface area contributed by atoms with Crippen molar-refractivity contribution in [1.29, 1.82) is 5.26 Å². The van der Waals surface area contributed by atoms with Crippen molar-refractivity contribution in [3.05, 3.63) is 133 Å². The number of carbonyl (C=O) groups is 6. The van der Waals surface area contributed by atoms with Gasteiger partial charge in [-0.3, -0.25) is 9.59 Å². The van der Waals surface area contributed by atoms with Gasteiger partial charge >= 0.3 is 35.8 Å². The number of fused-ring (bicyclic) bond motifs is 1. The smallest absolute Gasteiger partial charge is 0.339 e. The number of aromatic nitrogens is 1. The van der Waals surface area contributed by atoms with Crippen LogP contribution in [-0.2, 0) is 38.1 Å². The number of unbranched alkanes of at least 4 members (excludes halogenated alkanes) is 6. The molecule has 0 aliphatic heterocycles. The predicted octanol–water partition coefficient (Wildman–Crippen LogP) is 12.4. The van der Waals surface area contributed by atoms with Gasteiger partial charge in [0, 0.05) is 17.7 Å². The molecule has 83 heavy (non-hydrogen) atoms. The summed E-state index contributed by atoms with van der Waals surface area (Å²) in [6.07, 6.45) is 13.5. The summed E-state index contributed by atoms with van der Waals surface area (Å²) in [5.74, 6) is -1.72. The zero-order valence-corrected chi connectivity index (χ0v) is 47.8. The fourth-order valence-electron chi connectivity index (χ4n) is 9.47. The molecule has 1 unspecified atom stereocenters. The van der Waals surface area contributed by atoms with E-state index in [4.69, 9.17) is 48.0 Å². The first kappa shape index (κ1) is 62.2. The van der Waals surface area contributed by atoms with Crippen molar-refractivity contribution in [3.8, 4) is 29.1 Å². The molecule has 4 aromatic carbocycles. The highest BCUT2D eigenvalue weighted by Crippen LogP contribution is 2.34. The van der Waals surface area contributed by atoms with Gasteiger partial charge in [0.1, 0.15) is 35.2 Å². The minimum Gasteiger partial charge on any atom is -0.494 e. The SMILES string of the molecule is C=CC(=O)OCCCCCCOc1ccc(OC(=O)[C@H]2CC[C@H](OC(=O)c3ccc(OC(=O)[C@H]4CC[C@H](OC(=O)c5ccc(OCCCCCCOC(=O)C=C)cc5)CC4)cc3/C=N/N(c3nc4ccccc4s3)C(C)CC#N)CC2)cc1. The highest BCUT2D eigenvalue weighted by Gasteiger charge is 2.32. The van der Waals surface area contributed by atoms with Crippen LogP contribution >= 0.6 is 11.3 Å². The summed E-state index contributed by atoms with van der Waals surface area (Å²) in [7, 11) is 0. The molecule has 1 heterocycles. The van der Waals surface area contributed by atoms with E-state index in [9.17, 15) is 34.0 Å². The molecule has 438 valence electrons. The average Bonchev–Trinajstić information content (AvgIpc) is 4.14. The van der Waals surface area contributed by atoms with Crippen LogP contribution in [0.15, 0.2) is 121 Å². The molecule has 2 saturated carbocycles. The number of carbonyl (C=O) groups excluding carboxylic acids is 6. The molecule has 2 aliphatic rings. The molecule has 2 fully saturated rings. The van der Waals surface area contributed by atoms with E-state index < -0.39 is 47.9 Å². The van der Waals surface area contributed by atoms with E-state index >= 15 is 0 Å². The number of hydrazone groups is 1. The minimum atomic E-state index is -0.622. The van der Waals surface area contributed by atoms with Gasteiger partial charge in [0.15, 0.2) is 0 Å². The van der Waals surface area contributed by atoms with Crippen LogP contribution in [0.25, 0.3) is 10.2 Å². The zero-order chi connectivity index (χ0) is 58.8. The number of hydrogen-bond donors (Lipinski definition) is 0. The van der Waals surface area contributed by atoms with E-state index in [1.807, 2.05) is 31.2 Å². The quantitative estimate of drug-likeness (QED) is 0.00764. The molecular formula is C64H72N4O14S. The Morgan fingerprint density at radius 1 is 0.639 bits per heavy atom. The summed E-state index contributed by atoms with van der Waals surface area (Å²) < 4.78 is 46.2. The summed E-state index contributed by atoms with van der Waals surface area (Å²) in [6.45, 7) is 10.4. The molecule has 0 amide bonds. The Bertz CT molecular complexity index is 3010. The topological polar surface area (TPSA) is 229 Å². The van der Waals surface area contributed by atoms with Gasteiger partial charge < -0.3 is 37.9 Å². The van der Waals surface area contributed by atoms with E-state index in [-0.39, 0.29) is 35.7 Å². The summed E-state index contributed by atoms with van der Waals surface area (Å²) >= 11 is 1.41. The maximum Gasteiger partial charge on any atom is 0.339 e. The van der Waals surface area contributed by atoms with Gasteiger partial charge in [0.2, 0.25) is 5.13 Å². The Hall–Kier alpha value is -8.37. The van der Waals surface area contributed by atoms with Gasteiger partial charge in [-0.05, 0) is 189 Å².